The van der Waals surface area contributed by atoms with Crippen molar-refractivity contribution in [2.45, 2.75) is 6.04 Å². The molecule has 0 aliphatic heterocycles. The van der Waals surface area contributed by atoms with Crippen LogP contribution in [0.1, 0.15) is 11.6 Å². The summed E-state index contributed by atoms with van der Waals surface area (Å²) in [6.07, 6.45) is 0. The van der Waals surface area contributed by atoms with Crippen LogP contribution in [-0.4, -0.2) is 21.9 Å². The first-order valence-electron chi connectivity index (χ1n) is 3.86. The number of aromatic hydroxyl groups is 2. The molecule has 0 saturated heterocycles. The summed E-state index contributed by atoms with van der Waals surface area (Å²) in [5, 5.41) is 30.6. The van der Waals surface area contributed by atoms with Crippen LogP contribution in [0.4, 0.5) is 0 Å². The average molecular weight is 195 g/mol. The van der Waals surface area contributed by atoms with E-state index in [0.717, 1.165) is 0 Å². The Hall–Kier alpha value is -1.91. The van der Waals surface area contributed by atoms with Gasteiger partial charge in [0, 0.05) is 10.5 Å². The molecule has 0 aliphatic rings. The van der Waals surface area contributed by atoms with Gasteiger partial charge in [-0.1, -0.05) is 5.11 Å². The molecule has 0 aromatic heterocycles. The van der Waals surface area contributed by atoms with Gasteiger partial charge in [0.1, 0.15) is 11.5 Å². The van der Waals surface area contributed by atoms with Crippen molar-refractivity contribution in [1.82, 2.24) is 0 Å². The molecule has 6 nitrogen and oxygen atoms in total. The lowest BCUT2D eigenvalue weighted by Gasteiger charge is -2.09. The second-order valence-corrected chi connectivity index (χ2v) is 2.65. The number of hydrogen-bond acceptors (Lipinski definition) is 4. The largest absolute Gasteiger partial charge is 0.508 e. The van der Waals surface area contributed by atoms with Crippen molar-refractivity contribution in [3.8, 4) is 11.5 Å². The summed E-state index contributed by atoms with van der Waals surface area (Å²) in [7, 11) is 0. The topological polar surface area (TPSA) is 109 Å². The summed E-state index contributed by atoms with van der Waals surface area (Å²) in [6, 6.07) is 2.92. The molecule has 74 valence electrons. The van der Waals surface area contributed by atoms with E-state index in [1.165, 1.54) is 18.2 Å². The highest BCUT2D eigenvalue weighted by molar-refractivity contribution is 5.40. The zero-order valence-electron chi connectivity index (χ0n) is 7.20. The SMILES string of the molecule is [N-]=[N+]=NC(CO)c1cc(O)ccc1O. The lowest BCUT2D eigenvalue weighted by atomic mass is 10.1. The number of nitrogens with zero attached hydrogens (tertiary/aromatic N) is 3. The Bertz CT molecular complexity index is 374. The molecule has 0 heterocycles. The summed E-state index contributed by atoms with van der Waals surface area (Å²) >= 11 is 0. The number of phenolic OH excluding ortho intramolecular Hbond substituents is 2. The first-order valence-corrected chi connectivity index (χ1v) is 3.86. The van der Waals surface area contributed by atoms with E-state index in [1.54, 1.807) is 0 Å². The van der Waals surface area contributed by atoms with E-state index >= 15 is 0 Å². The standard InChI is InChI=1S/C8H9N3O3/c9-11-10-7(4-12)6-3-5(13)1-2-8(6)14/h1-3,7,12-14H,4H2. The van der Waals surface area contributed by atoms with Gasteiger partial charge in [-0.25, -0.2) is 0 Å². The Morgan fingerprint density at radius 3 is 2.71 bits per heavy atom. The molecule has 0 saturated carbocycles. The van der Waals surface area contributed by atoms with Crippen molar-refractivity contribution < 1.29 is 15.3 Å². The van der Waals surface area contributed by atoms with Gasteiger partial charge in [-0.05, 0) is 23.7 Å². The van der Waals surface area contributed by atoms with Crippen LogP contribution in [-0.2, 0) is 0 Å². The Morgan fingerprint density at radius 1 is 1.43 bits per heavy atom. The maximum atomic E-state index is 9.36. The summed E-state index contributed by atoms with van der Waals surface area (Å²) in [5.74, 6) is -0.196. The predicted octanol–water partition coefficient (Wildman–Crippen LogP) is 1.44. The zero-order chi connectivity index (χ0) is 10.6. The molecule has 0 aliphatic carbocycles. The monoisotopic (exact) mass is 195 g/mol. The number of aliphatic hydroxyl groups is 1. The number of aliphatic hydroxyl groups excluding tert-OH is 1. The quantitative estimate of drug-likeness (QED) is 0.293. The summed E-state index contributed by atoms with van der Waals surface area (Å²) in [4.78, 5) is 2.53. The van der Waals surface area contributed by atoms with Crippen LogP contribution in [0.5, 0.6) is 11.5 Å². The first kappa shape index (κ1) is 10.2. The maximum absolute atomic E-state index is 9.36. The average Bonchev–Trinajstić information content (AvgIpc) is 2.18. The third-order valence-corrected chi connectivity index (χ3v) is 1.73. The number of hydrogen-bond donors (Lipinski definition) is 3. The van der Waals surface area contributed by atoms with Crippen LogP contribution in [0.15, 0.2) is 23.3 Å². The van der Waals surface area contributed by atoms with Crippen LogP contribution in [0.2, 0.25) is 0 Å². The maximum Gasteiger partial charge on any atom is 0.119 e. The highest BCUT2D eigenvalue weighted by Crippen LogP contribution is 2.29. The Morgan fingerprint density at radius 2 is 2.14 bits per heavy atom. The normalized spacial score (nSPS) is 11.8. The van der Waals surface area contributed by atoms with Crippen LogP contribution in [0, 0.1) is 0 Å². The summed E-state index contributed by atoms with van der Waals surface area (Å²) in [6.45, 7) is -0.429. The van der Waals surface area contributed by atoms with Crippen LogP contribution < -0.4 is 0 Å². The molecule has 1 atom stereocenters. The van der Waals surface area contributed by atoms with Crippen molar-refractivity contribution >= 4 is 0 Å². The minimum atomic E-state index is -0.882. The minimum absolute atomic E-state index is 0.0654. The second-order valence-electron chi connectivity index (χ2n) is 2.65. The molecule has 0 spiro atoms. The first-order chi connectivity index (χ1) is 6.69. The fourth-order valence-corrected chi connectivity index (χ4v) is 1.07. The zero-order valence-corrected chi connectivity index (χ0v) is 7.20. The van der Waals surface area contributed by atoms with Gasteiger partial charge in [0.25, 0.3) is 0 Å². The van der Waals surface area contributed by atoms with Crippen molar-refractivity contribution in [3.05, 3.63) is 34.2 Å². The summed E-state index contributed by atoms with van der Waals surface area (Å²) < 4.78 is 0. The van der Waals surface area contributed by atoms with Crippen LogP contribution in [0.25, 0.3) is 10.4 Å². The Balaban J connectivity index is 3.14. The molecule has 1 aromatic carbocycles. The van der Waals surface area contributed by atoms with Crippen molar-refractivity contribution in [2.24, 2.45) is 5.11 Å². The Labute approximate surface area is 79.7 Å². The van der Waals surface area contributed by atoms with E-state index < -0.39 is 12.6 Å². The number of rotatable bonds is 3. The molecular formula is C8H9N3O3. The lowest BCUT2D eigenvalue weighted by Crippen LogP contribution is -2.00. The molecule has 1 unspecified atom stereocenters. The van der Waals surface area contributed by atoms with Gasteiger partial charge in [-0.2, -0.15) is 0 Å². The second kappa shape index (κ2) is 4.36. The minimum Gasteiger partial charge on any atom is -0.508 e. The summed E-state index contributed by atoms with van der Waals surface area (Å²) in [5.41, 5.74) is 8.39. The van der Waals surface area contributed by atoms with E-state index in [1.807, 2.05) is 0 Å². The molecule has 3 N–H and O–H groups in total. The molecule has 1 rings (SSSR count). The number of phenols is 2. The van der Waals surface area contributed by atoms with Gasteiger partial charge in [-0.3, -0.25) is 0 Å². The van der Waals surface area contributed by atoms with Gasteiger partial charge in [0.2, 0.25) is 0 Å². The highest BCUT2D eigenvalue weighted by Gasteiger charge is 2.13. The van der Waals surface area contributed by atoms with Crippen molar-refractivity contribution in [2.75, 3.05) is 6.61 Å². The molecule has 6 heteroatoms. The fraction of sp³-hybridized carbons (Fsp3) is 0.250. The molecule has 0 bridgehead atoms. The molecule has 0 fully saturated rings. The van der Waals surface area contributed by atoms with Gasteiger partial charge in [0.15, 0.2) is 0 Å². The number of azide groups is 1. The third-order valence-electron chi connectivity index (χ3n) is 1.73. The van der Waals surface area contributed by atoms with Gasteiger partial charge in [0.05, 0.1) is 12.6 Å². The van der Waals surface area contributed by atoms with Gasteiger partial charge < -0.3 is 15.3 Å². The highest BCUT2D eigenvalue weighted by atomic mass is 16.3. The smallest absolute Gasteiger partial charge is 0.119 e. The Kier molecular flexibility index (Phi) is 3.17. The van der Waals surface area contributed by atoms with Crippen LogP contribution in [0.3, 0.4) is 0 Å². The van der Waals surface area contributed by atoms with E-state index in [9.17, 15) is 5.11 Å². The van der Waals surface area contributed by atoms with Crippen molar-refractivity contribution in [3.63, 3.8) is 0 Å². The fourth-order valence-electron chi connectivity index (χ4n) is 1.07. The number of benzene rings is 1. The predicted molar refractivity (Wildman–Crippen MR) is 48.7 cm³/mol. The van der Waals surface area contributed by atoms with Gasteiger partial charge >= 0.3 is 0 Å². The third kappa shape index (κ3) is 2.07. The van der Waals surface area contributed by atoms with Crippen LogP contribution >= 0.6 is 0 Å². The molecule has 1 aromatic rings. The molecular weight excluding hydrogens is 186 g/mol. The molecule has 14 heavy (non-hydrogen) atoms. The van der Waals surface area contributed by atoms with Gasteiger partial charge in [-0.15, -0.1) is 0 Å². The lowest BCUT2D eigenvalue weighted by molar-refractivity contribution is 0.265. The van der Waals surface area contributed by atoms with Crippen molar-refractivity contribution in [1.29, 1.82) is 0 Å². The van der Waals surface area contributed by atoms with E-state index in [-0.39, 0.29) is 17.1 Å². The van der Waals surface area contributed by atoms with E-state index in [4.69, 9.17) is 15.7 Å². The molecule has 0 amide bonds. The van der Waals surface area contributed by atoms with E-state index in [2.05, 4.69) is 10.0 Å². The molecule has 0 radical (unpaired) electrons. The van der Waals surface area contributed by atoms with E-state index in [0.29, 0.717) is 0 Å².